The van der Waals surface area contributed by atoms with E-state index < -0.39 is 35.9 Å². The molecule has 0 aromatic heterocycles. The highest BCUT2D eigenvalue weighted by Gasteiger charge is 2.51. The second-order valence-electron chi connectivity index (χ2n) is 9.65. The Hall–Kier alpha value is -1.93. The van der Waals surface area contributed by atoms with Crippen molar-refractivity contribution in [3.63, 3.8) is 0 Å². The summed E-state index contributed by atoms with van der Waals surface area (Å²) in [5, 5.41) is 20.5. The van der Waals surface area contributed by atoms with Gasteiger partial charge in [0.05, 0.1) is 13.7 Å². The fraction of sp³-hybridized carbons (Fsp3) is 0.778. The average molecular weight is 499 g/mol. The van der Waals surface area contributed by atoms with Gasteiger partial charge in [-0.05, 0) is 63.0 Å². The van der Waals surface area contributed by atoms with Gasteiger partial charge in [0, 0.05) is 12.8 Å². The highest BCUT2D eigenvalue weighted by atomic mass is 19.1. The number of aliphatic hydroxyl groups is 1. The van der Waals surface area contributed by atoms with Crippen molar-refractivity contribution in [3.8, 4) is 0 Å². The molecule has 35 heavy (non-hydrogen) atoms. The Balaban J connectivity index is 2.35. The molecule has 1 saturated carbocycles. The number of halogens is 1. The van der Waals surface area contributed by atoms with Crippen molar-refractivity contribution in [1.82, 2.24) is 0 Å². The first-order valence-corrected chi connectivity index (χ1v) is 13.1. The zero-order valence-electron chi connectivity index (χ0n) is 21.3. The summed E-state index contributed by atoms with van der Waals surface area (Å²) in [6, 6.07) is 0. The van der Waals surface area contributed by atoms with E-state index in [1.54, 1.807) is 12.2 Å². The fourth-order valence-electron chi connectivity index (χ4n) is 5.13. The average Bonchev–Trinajstić information content (AvgIpc) is 3.40. The largest absolute Gasteiger partial charge is 0.480 e. The van der Waals surface area contributed by atoms with E-state index in [4.69, 9.17) is 9.47 Å². The highest BCUT2D eigenvalue weighted by molar-refractivity contribution is 5.79. The summed E-state index contributed by atoms with van der Waals surface area (Å²) in [6.45, 7) is 2.57. The molecule has 2 fully saturated rings. The van der Waals surface area contributed by atoms with Crippen LogP contribution >= 0.6 is 0 Å². The quantitative estimate of drug-likeness (QED) is 0.175. The van der Waals surface area contributed by atoms with E-state index in [0.29, 0.717) is 31.6 Å². The van der Waals surface area contributed by atoms with Gasteiger partial charge in [-0.1, -0.05) is 38.7 Å². The molecule has 1 aliphatic carbocycles. The maximum Gasteiger partial charge on any atom is 0.338 e. The molecule has 0 aromatic rings. The second-order valence-corrected chi connectivity index (χ2v) is 9.65. The van der Waals surface area contributed by atoms with Crippen LogP contribution in [0.1, 0.15) is 90.4 Å². The molecule has 7 nitrogen and oxygen atoms in total. The lowest BCUT2D eigenvalue weighted by atomic mass is 9.69. The lowest BCUT2D eigenvalue weighted by Crippen LogP contribution is -2.42. The second kappa shape index (κ2) is 15.2. The molecular formula is C27H43FO7. The molecule has 0 radical (unpaired) electrons. The monoisotopic (exact) mass is 498 g/mol. The molecule has 0 bridgehead atoms. The molecule has 8 heteroatoms. The molecule has 2 aliphatic rings. The van der Waals surface area contributed by atoms with Gasteiger partial charge in [0.25, 0.3) is 0 Å². The molecule has 2 rings (SSSR count). The number of aliphatic carboxylic acids is 1. The van der Waals surface area contributed by atoms with E-state index in [0.717, 1.165) is 51.4 Å². The normalized spacial score (nSPS) is 23.1. The van der Waals surface area contributed by atoms with Crippen LogP contribution in [-0.2, 0) is 23.8 Å². The molecule has 0 amide bonds. The van der Waals surface area contributed by atoms with E-state index in [9.17, 15) is 24.2 Å². The molecule has 1 aliphatic heterocycles. The van der Waals surface area contributed by atoms with Crippen LogP contribution in [0.5, 0.6) is 0 Å². The van der Waals surface area contributed by atoms with Gasteiger partial charge >= 0.3 is 11.9 Å². The summed E-state index contributed by atoms with van der Waals surface area (Å²) in [5.74, 6) is -1.62. The van der Waals surface area contributed by atoms with Gasteiger partial charge < -0.3 is 24.4 Å². The minimum Gasteiger partial charge on any atom is -0.480 e. The lowest BCUT2D eigenvalue weighted by molar-refractivity contribution is -0.171. The number of aliphatic hydroxyl groups excluding tert-OH is 1. The van der Waals surface area contributed by atoms with Gasteiger partial charge in [-0.2, -0.15) is 0 Å². The summed E-state index contributed by atoms with van der Waals surface area (Å²) < 4.78 is 31.2. The van der Waals surface area contributed by atoms with Gasteiger partial charge in [-0.25, -0.2) is 9.18 Å². The van der Waals surface area contributed by atoms with Crippen molar-refractivity contribution in [2.45, 2.75) is 109 Å². The van der Waals surface area contributed by atoms with Crippen LogP contribution in [0.15, 0.2) is 24.0 Å². The Morgan fingerprint density at radius 3 is 2.51 bits per heavy atom. The summed E-state index contributed by atoms with van der Waals surface area (Å²) in [6.07, 6.45) is 10.2. The number of carboxylic acid groups (broad SMARTS) is 1. The van der Waals surface area contributed by atoms with Crippen LogP contribution in [0, 0.1) is 11.3 Å². The summed E-state index contributed by atoms with van der Waals surface area (Å²) in [5.41, 5.74) is -1.33. The topological polar surface area (TPSA) is 102 Å². The zero-order chi connectivity index (χ0) is 25.7. The highest BCUT2D eigenvalue weighted by Crippen LogP contribution is 2.49. The van der Waals surface area contributed by atoms with Crippen molar-refractivity contribution in [3.05, 3.63) is 24.0 Å². The van der Waals surface area contributed by atoms with E-state index in [1.807, 2.05) is 6.92 Å². The van der Waals surface area contributed by atoms with Gasteiger partial charge in [0.2, 0.25) is 0 Å². The number of ether oxygens (including phenoxy) is 3. The van der Waals surface area contributed by atoms with Crippen LogP contribution in [0.3, 0.4) is 0 Å². The first-order chi connectivity index (χ1) is 16.8. The first-order valence-electron chi connectivity index (χ1n) is 13.1. The minimum atomic E-state index is -1.40. The Morgan fingerprint density at radius 1 is 1.20 bits per heavy atom. The number of allylic oxidation sites excluding steroid dienone is 2. The fourth-order valence-corrected chi connectivity index (χ4v) is 5.13. The van der Waals surface area contributed by atoms with E-state index in [2.05, 4.69) is 4.74 Å². The number of unbranched alkanes of at least 4 members (excludes halogenated alkanes) is 1. The van der Waals surface area contributed by atoms with Crippen LogP contribution in [-0.4, -0.2) is 54.4 Å². The van der Waals surface area contributed by atoms with Crippen molar-refractivity contribution in [2.24, 2.45) is 11.3 Å². The maximum absolute atomic E-state index is 14.6. The lowest BCUT2D eigenvalue weighted by Gasteiger charge is -2.39. The van der Waals surface area contributed by atoms with Gasteiger partial charge in [0.15, 0.2) is 12.4 Å². The zero-order valence-corrected chi connectivity index (χ0v) is 21.3. The third kappa shape index (κ3) is 8.60. The number of carbonyl (C=O) groups excluding carboxylic acids is 1. The number of hydrogen-bond donors (Lipinski definition) is 2. The van der Waals surface area contributed by atoms with Crippen molar-refractivity contribution >= 4 is 11.9 Å². The predicted molar refractivity (Wildman–Crippen MR) is 130 cm³/mol. The molecule has 0 aromatic carbocycles. The summed E-state index contributed by atoms with van der Waals surface area (Å²) >= 11 is 0. The summed E-state index contributed by atoms with van der Waals surface area (Å²) in [7, 11) is 1.19. The smallest absolute Gasteiger partial charge is 0.338 e. The SMILES string of the molecule is CCCCC(F)C/C=C(/OC1CCCCO1)[C@](CC/C=C\C(O)C(=O)OC)(C(=O)O)C1CCCC1. The molecule has 4 atom stereocenters. The predicted octanol–water partition coefficient (Wildman–Crippen LogP) is 5.46. The Kier molecular flexibility index (Phi) is 12.8. The van der Waals surface area contributed by atoms with Crippen LogP contribution in [0.4, 0.5) is 4.39 Å². The van der Waals surface area contributed by atoms with Gasteiger partial charge in [-0.3, -0.25) is 4.79 Å². The van der Waals surface area contributed by atoms with Crippen molar-refractivity contribution in [2.75, 3.05) is 13.7 Å². The molecule has 200 valence electrons. The van der Waals surface area contributed by atoms with Crippen molar-refractivity contribution < 1.29 is 38.4 Å². The Labute approximate surface area is 208 Å². The van der Waals surface area contributed by atoms with Gasteiger partial charge in [-0.15, -0.1) is 0 Å². The van der Waals surface area contributed by atoms with Gasteiger partial charge in [0.1, 0.15) is 17.3 Å². The van der Waals surface area contributed by atoms with Crippen LogP contribution in [0.25, 0.3) is 0 Å². The molecule has 2 N–H and O–H groups in total. The third-order valence-corrected chi connectivity index (χ3v) is 7.17. The van der Waals surface area contributed by atoms with E-state index in [-0.39, 0.29) is 18.8 Å². The summed E-state index contributed by atoms with van der Waals surface area (Å²) in [4.78, 5) is 24.5. The Morgan fingerprint density at radius 2 is 1.91 bits per heavy atom. The molecule has 1 heterocycles. The molecule has 0 spiro atoms. The number of hydrogen-bond acceptors (Lipinski definition) is 6. The molecule has 3 unspecified atom stereocenters. The number of rotatable bonds is 15. The van der Waals surface area contributed by atoms with Crippen LogP contribution < -0.4 is 0 Å². The minimum absolute atomic E-state index is 0.0979. The van der Waals surface area contributed by atoms with E-state index in [1.165, 1.54) is 13.2 Å². The van der Waals surface area contributed by atoms with E-state index >= 15 is 0 Å². The number of carbonyl (C=O) groups is 2. The third-order valence-electron chi connectivity index (χ3n) is 7.17. The maximum atomic E-state index is 14.6. The standard InChI is InChI=1S/C27H43FO7/c1-3-4-13-21(28)16-17-23(35-24-15-8-10-19-34-24)27(26(31)32,20-11-5-6-12-20)18-9-7-14-22(29)25(30)33-2/h7,14,17,20-22,24,29H,3-6,8-13,15-16,18-19H2,1-2H3,(H,31,32)/b14-7-,23-17+/t21?,22?,24?,27-/m1/s1. The first kappa shape index (κ1) is 29.3. The van der Waals surface area contributed by atoms with Crippen molar-refractivity contribution in [1.29, 1.82) is 0 Å². The number of esters is 1. The number of alkyl halides is 1. The Bertz CT molecular complexity index is 710. The number of methoxy groups -OCH3 is 1. The molecule has 1 saturated heterocycles. The molecular weight excluding hydrogens is 455 g/mol. The number of carboxylic acids is 1. The van der Waals surface area contributed by atoms with Crippen LogP contribution in [0.2, 0.25) is 0 Å².